The van der Waals surface area contributed by atoms with E-state index in [0.717, 1.165) is 24.0 Å². The summed E-state index contributed by atoms with van der Waals surface area (Å²) in [6, 6.07) is 3.49. The van der Waals surface area contributed by atoms with Gasteiger partial charge in [-0.1, -0.05) is 6.07 Å². The molecule has 0 spiro atoms. The van der Waals surface area contributed by atoms with Gasteiger partial charge in [-0.15, -0.1) is 0 Å². The maximum Gasteiger partial charge on any atom is 0.299 e. The number of aliphatic hydroxyl groups excluding tert-OH is 1. The Morgan fingerprint density at radius 3 is 2.58 bits per heavy atom. The van der Waals surface area contributed by atoms with Gasteiger partial charge in [0.1, 0.15) is 0 Å². The van der Waals surface area contributed by atoms with Crippen LogP contribution in [0.5, 0.6) is 0 Å². The number of hydrogen-bond donors (Lipinski definition) is 1. The third kappa shape index (κ3) is 1.70. The molecule has 1 amide bonds. The SMILES string of the molecule is Cc1cc(C)c2c(c1)C(=O)C(=O)N2[C@H]1CCC[C@@H]1O. The van der Waals surface area contributed by atoms with Crippen molar-refractivity contribution in [2.45, 2.75) is 45.3 Å². The molecule has 1 aromatic rings. The topological polar surface area (TPSA) is 57.6 Å². The van der Waals surface area contributed by atoms with E-state index in [-0.39, 0.29) is 6.04 Å². The molecular weight excluding hydrogens is 242 g/mol. The fourth-order valence-electron chi connectivity index (χ4n) is 3.32. The molecule has 1 saturated carbocycles. The Labute approximate surface area is 112 Å². The Bertz CT molecular complexity index is 579. The van der Waals surface area contributed by atoms with Crippen LogP contribution in [0.25, 0.3) is 0 Å². The average Bonchev–Trinajstić information content (AvgIpc) is 2.85. The van der Waals surface area contributed by atoms with Gasteiger partial charge in [0.25, 0.3) is 11.7 Å². The number of amides is 1. The van der Waals surface area contributed by atoms with Crippen LogP contribution >= 0.6 is 0 Å². The summed E-state index contributed by atoms with van der Waals surface area (Å²) in [6.45, 7) is 3.82. The van der Waals surface area contributed by atoms with Gasteiger partial charge in [-0.2, -0.15) is 0 Å². The molecule has 1 aliphatic heterocycles. The lowest BCUT2D eigenvalue weighted by Crippen LogP contribution is -2.44. The highest BCUT2D eigenvalue weighted by Gasteiger charge is 2.44. The lowest BCUT2D eigenvalue weighted by molar-refractivity contribution is -0.115. The van der Waals surface area contributed by atoms with E-state index in [2.05, 4.69) is 0 Å². The molecule has 1 aliphatic carbocycles. The number of aliphatic hydroxyl groups is 1. The van der Waals surface area contributed by atoms with Crippen LogP contribution < -0.4 is 4.90 Å². The van der Waals surface area contributed by atoms with Crippen molar-refractivity contribution in [1.82, 2.24) is 0 Å². The van der Waals surface area contributed by atoms with Gasteiger partial charge in [-0.25, -0.2) is 0 Å². The van der Waals surface area contributed by atoms with Crippen molar-refractivity contribution in [2.75, 3.05) is 4.90 Å². The van der Waals surface area contributed by atoms with Crippen molar-refractivity contribution in [1.29, 1.82) is 0 Å². The highest BCUT2D eigenvalue weighted by Crippen LogP contribution is 2.38. The summed E-state index contributed by atoms with van der Waals surface area (Å²) in [5.74, 6) is -0.935. The van der Waals surface area contributed by atoms with E-state index in [1.165, 1.54) is 4.90 Å². The predicted molar refractivity (Wildman–Crippen MR) is 71.4 cm³/mol. The van der Waals surface area contributed by atoms with E-state index >= 15 is 0 Å². The predicted octanol–water partition coefficient (Wildman–Crippen LogP) is 1.75. The molecule has 0 saturated heterocycles. The van der Waals surface area contributed by atoms with Crippen molar-refractivity contribution in [3.8, 4) is 0 Å². The summed E-state index contributed by atoms with van der Waals surface area (Å²) >= 11 is 0. The van der Waals surface area contributed by atoms with E-state index in [0.29, 0.717) is 17.7 Å². The fourth-order valence-corrected chi connectivity index (χ4v) is 3.32. The van der Waals surface area contributed by atoms with E-state index in [1.54, 1.807) is 6.07 Å². The minimum absolute atomic E-state index is 0.251. The molecule has 3 rings (SSSR count). The lowest BCUT2D eigenvalue weighted by Gasteiger charge is -2.28. The molecule has 0 radical (unpaired) electrons. The van der Waals surface area contributed by atoms with Gasteiger partial charge in [-0.05, 0) is 50.3 Å². The second-order valence-electron chi connectivity index (χ2n) is 5.55. The molecule has 1 N–H and O–H groups in total. The van der Waals surface area contributed by atoms with Gasteiger partial charge in [0.15, 0.2) is 0 Å². The zero-order valence-electron chi connectivity index (χ0n) is 11.1. The number of nitrogens with zero attached hydrogens (tertiary/aromatic N) is 1. The number of rotatable bonds is 1. The summed E-state index contributed by atoms with van der Waals surface area (Å²) in [5, 5.41) is 10.0. The standard InChI is InChI=1S/C15H17NO3/c1-8-6-9(2)13-10(7-8)14(18)15(19)16(13)11-4-3-5-12(11)17/h6-7,11-12,17H,3-5H2,1-2H3/t11-,12-/m0/s1. The van der Waals surface area contributed by atoms with Crippen LogP contribution in [0.1, 0.15) is 40.7 Å². The zero-order valence-corrected chi connectivity index (χ0v) is 11.1. The van der Waals surface area contributed by atoms with Crippen molar-refractivity contribution >= 4 is 17.4 Å². The van der Waals surface area contributed by atoms with E-state index in [4.69, 9.17) is 0 Å². The van der Waals surface area contributed by atoms with Crippen LogP contribution in [0.3, 0.4) is 0 Å². The van der Waals surface area contributed by atoms with Gasteiger partial charge < -0.3 is 5.11 Å². The molecule has 2 atom stereocenters. The molecule has 1 aromatic carbocycles. The average molecular weight is 259 g/mol. The van der Waals surface area contributed by atoms with Crippen LogP contribution in [0.15, 0.2) is 12.1 Å². The molecule has 0 unspecified atom stereocenters. The molecule has 1 heterocycles. The number of Topliss-reactive ketones (excluding diaryl/α,β-unsaturated/α-hetero) is 1. The number of carbonyl (C=O) groups is 2. The molecule has 1 fully saturated rings. The maximum atomic E-state index is 12.2. The number of anilines is 1. The molecule has 4 nitrogen and oxygen atoms in total. The first-order valence-corrected chi connectivity index (χ1v) is 6.68. The van der Waals surface area contributed by atoms with Gasteiger partial charge in [0, 0.05) is 0 Å². The number of fused-ring (bicyclic) bond motifs is 1. The quantitative estimate of drug-likeness (QED) is 0.782. The Kier molecular flexibility index (Phi) is 2.71. The lowest BCUT2D eigenvalue weighted by atomic mass is 10.0. The first-order valence-electron chi connectivity index (χ1n) is 6.68. The Morgan fingerprint density at radius 2 is 1.95 bits per heavy atom. The van der Waals surface area contributed by atoms with Crippen LogP contribution in [-0.2, 0) is 4.79 Å². The van der Waals surface area contributed by atoms with Gasteiger partial charge in [-0.3, -0.25) is 14.5 Å². The summed E-state index contributed by atoms with van der Waals surface area (Å²) in [5.41, 5.74) is 3.09. The largest absolute Gasteiger partial charge is 0.391 e. The van der Waals surface area contributed by atoms with E-state index < -0.39 is 17.8 Å². The zero-order chi connectivity index (χ0) is 13.7. The molecule has 19 heavy (non-hydrogen) atoms. The number of aryl methyl sites for hydroxylation is 2. The minimum atomic E-state index is -0.525. The number of carbonyl (C=O) groups excluding carboxylic acids is 2. The fraction of sp³-hybridized carbons (Fsp3) is 0.467. The number of ketones is 1. The number of hydrogen-bond acceptors (Lipinski definition) is 3. The molecular formula is C15H17NO3. The highest BCUT2D eigenvalue weighted by atomic mass is 16.3. The van der Waals surface area contributed by atoms with Gasteiger partial charge >= 0.3 is 0 Å². The summed E-state index contributed by atoms with van der Waals surface area (Å²) in [4.78, 5) is 25.9. The molecule has 2 aliphatic rings. The molecule has 0 bridgehead atoms. The summed E-state index contributed by atoms with van der Waals surface area (Å²) in [6.07, 6.45) is 1.82. The third-order valence-electron chi connectivity index (χ3n) is 4.12. The second-order valence-corrected chi connectivity index (χ2v) is 5.55. The van der Waals surface area contributed by atoms with Gasteiger partial charge in [0.05, 0.1) is 23.4 Å². The van der Waals surface area contributed by atoms with Crippen LogP contribution in [0, 0.1) is 13.8 Å². The van der Waals surface area contributed by atoms with E-state index in [1.807, 2.05) is 19.9 Å². The third-order valence-corrected chi connectivity index (χ3v) is 4.12. The Morgan fingerprint density at radius 1 is 1.21 bits per heavy atom. The minimum Gasteiger partial charge on any atom is -0.391 e. The molecule has 100 valence electrons. The van der Waals surface area contributed by atoms with Crippen molar-refractivity contribution in [3.05, 3.63) is 28.8 Å². The molecule has 0 aromatic heterocycles. The number of benzene rings is 1. The van der Waals surface area contributed by atoms with Crippen LogP contribution in [0.4, 0.5) is 5.69 Å². The van der Waals surface area contributed by atoms with Crippen molar-refractivity contribution in [2.24, 2.45) is 0 Å². The first-order chi connectivity index (χ1) is 9.00. The van der Waals surface area contributed by atoms with Crippen molar-refractivity contribution in [3.63, 3.8) is 0 Å². The molecule has 4 heteroatoms. The Balaban J connectivity index is 2.14. The normalized spacial score (nSPS) is 26.2. The first kappa shape index (κ1) is 12.4. The smallest absolute Gasteiger partial charge is 0.299 e. The van der Waals surface area contributed by atoms with Gasteiger partial charge in [0.2, 0.25) is 0 Å². The maximum absolute atomic E-state index is 12.2. The summed E-state index contributed by atoms with van der Waals surface area (Å²) < 4.78 is 0. The van der Waals surface area contributed by atoms with Crippen LogP contribution in [0.2, 0.25) is 0 Å². The van der Waals surface area contributed by atoms with Crippen molar-refractivity contribution < 1.29 is 14.7 Å². The summed E-state index contributed by atoms with van der Waals surface area (Å²) in [7, 11) is 0. The van der Waals surface area contributed by atoms with E-state index in [9.17, 15) is 14.7 Å². The Hall–Kier alpha value is -1.68. The highest BCUT2D eigenvalue weighted by molar-refractivity contribution is 6.52. The van der Waals surface area contributed by atoms with Crippen LogP contribution in [-0.4, -0.2) is 28.9 Å². The monoisotopic (exact) mass is 259 g/mol. The second kappa shape index (κ2) is 4.17.